The van der Waals surface area contributed by atoms with Crippen LogP contribution in [0.3, 0.4) is 0 Å². The van der Waals surface area contributed by atoms with Crippen molar-refractivity contribution in [3.8, 4) is 0 Å². The van der Waals surface area contributed by atoms with Gasteiger partial charge < -0.3 is 9.84 Å². The number of aromatic nitrogens is 2. The summed E-state index contributed by atoms with van der Waals surface area (Å²) < 4.78 is 31.2. The van der Waals surface area contributed by atoms with Crippen molar-refractivity contribution in [1.29, 1.82) is 0 Å². The van der Waals surface area contributed by atoms with Crippen LogP contribution in [0.25, 0.3) is 0 Å². The number of hydrogen-bond donors (Lipinski definition) is 2. The summed E-state index contributed by atoms with van der Waals surface area (Å²) in [6.07, 6.45) is -0.497. The van der Waals surface area contributed by atoms with E-state index < -0.39 is 36.9 Å². The van der Waals surface area contributed by atoms with Crippen molar-refractivity contribution in [1.82, 2.24) is 20.8 Å². The molecule has 0 aromatic carbocycles. The second-order valence-electron chi connectivity index (χ2n) is 6.43. The number of halogens is 3. The minimum atomic E-state index is -2.84. The van der Waals surface area contributed by atoms with Crippen LogP contribution in [0.4, 0.5) is 8.78 Å². The summed E-state index contributed by atoms with van der Waals surface area (Å²) in [6.45, 7) is 7.01. The highest BCUT2D eigenvalue weighted by Crippen LogP contribution is 2.26. The maximum atomic E-state index is 13.1. The van der Waals surface area contributed by atoms with Crippen LogP contribution in [-0.4, -0.2) is 34.6 Å². The molecule has 0 spiro atoms. The third kappa shape index (κ3) is 4.36. The van der Waals surface area contributed by atoms with Gasteiger partial charge in [0.2, 0.25) is 11.8 Å². The first kappa shape index (κ1) is 18.8. The molecule has 1 aliphatic rings. The van der Waals surface area contributed by atoms with E-state index in [1.807, 2.05) is 20.8 Å². The molecule has 2 atom stereocenters. The second-order valence-corrected chi connectivity index (χ2v) is 6.43. The Hall–Kier alpha value is -1.28. The maximum Gasteiger partial charge on any atom is 0.262 e. The van der Waals surface area contributed by atoms with Gasteiger partial charge in [0.25, 0.3) is 5.92 Å². The Kier molecular flexibility index (Phi) is 5.51. The van der Waals surface area contributed by atoms with E-state index in [4.69, 9.17) is 4.52 Å². The van der Waals surface area contributed by atoms with Gasteiger partial charge in [-0.15, -0.1) is 12.4 Å². The molecule has 1 saturated heterocycles. The summed E-state index contributed by atoms with van der Waals surface area (Å²) in [4.78, 5) is 16.2. The Bertz CT molecular complexity index is 530. The van der Waals surface area contributed by atoms with Gasteiger partial charge in [-0.1, -0.05) is 25.9 Å². The Labute approximate surface area is 133 Å². The lowest BCUT2D eigenvalue weighted by atomic mass is 9.96. The number of alkyl halides is 2. The first-order chi connectivity index (χ1) is 9.58. The van der Waals surface area contributed by atoms with E-state index in [0.29, 0.717) is 5.82 Å². The van der Waals surface area contributed by atoms with Crippen molar-refractivity contribution in [3.63, 3.8) is 0 Å². The number of carbonyl (C=O) groups is 1. The molecule has 6 nitrogen and oxygen atoms in total. The van der Waals surface area contributed by atoms with E-state index in [1.54, 1.807) is 6.92 Å². The van der Waals surface area contributed by atoms with Gasteiger partial charge in [-0.2, -0.15) is 4.98 Å². The van der Waals surface area contributed by atoms with Crippen LogP contribution in [0, 0.1) is 0 Å². The van der Waals surface area contributed by atoms with Gasteiger partial charge in [0, 0.05) is 11.8 Å². The second kappa shape index (κ2) is 6.45. The molecule has 1 aromatic rings. The zero-order chi connectivity index (χ0) is 15.8. The Morgan fingerprint density at radius 3 is 2.59 bits per heavy atom. The van der Waals surface area contributed by atoms with Gasteiger partial charge in [0.15, 0.2) is 5.82 Å². The van der Waals surface area contributed by atoms with Gasteiger partial charge in [-0.25, -0.2) is 8.78 Å². The molecule has 9 heteroatoms. The fourth-order valence-electron chi connectivity index (χ4n) is 1.99. The topological polar surface area (TPSA) is 80.0 Å². The van der Waals surface area contributed by atoms with E-state index in [-0.39, 0.29) is 23.7 Å². The number of nitrogens with one attached hydrogen (secondary N) is 2. The third-order valence-electron chi connectivity index (χ3n) is 3.27. The van der Waals surface area contributed by atoms with Crippen LogP contribution in [0.1, 0.15) is 51.9 Å². The third-order valence-corrected chi connectivity index (χ3v) is 3.27. The van der Waals surface area contributed by atoms with E-state index in [2.05, 4.69) is 20.8 Å². The molecule has 22 heavy (non-hydrogen) atoms. The molecule has 1 aromatic heterocycles. The Balaban J connectivity index is 0.00000242. The van der Waals surface area contributed by atoms with E-state index >= 15 is 0 Å². The van der Waals surface area contributed by atoms with Crippen LogP contribution in [-0.2, 0) is 10.2 Å². The Morgan fingerprint density at radius 1 is 1.50 bits per heavy atom. The highest BCUT2D eigenvalue weighted by molar-refractivity contribution is 5.85. The van der Waals surface area contributed by atoms with E-state index in [1.165, 1.54) is 0 Å². The summed E-state index contributed by atoms with van der Waals surface area (Å²) in [5, 5.41) is 8.98. The van der Waals surface area contributed by atoms with Crippen LogP contribution >= 0.6 is 12.4 Å². The smallest absolute Gasteiger partial charge is 0.262 e. The molecule has 0 saturated carbocycles. The van der Waals surface area contributed by atoms with Gasteiger partial charge >= 0.3 is 0 Å². The molecule has 2 N–H and O–H groups in total. The van der Waals surface area contributed by atoms with Crippen LogP contribution < -0.4 is 10.6 Å². The molecular formula is C13H21ClF2N4O2. The number of rotatable bonds is 3. The zero-order valence-corrected chi connectivity index (χ0v) is 13.8. The molecule has 126 valence electrons. The zero-order valence-electron chi connectivity index (χ0n) is 12.9. The van der Waals surface area contributed by atoms with Gasteiger partial charge in [-0.05, 0) is 6.92 Å². The lowest BCUT2D eigenvalue weighted by molar-refractivity contribution is -0.124. The van der Waals surface area contributed by atoms with Crippen LogP contribution in [0.5, 0.6) is 0 Å². The normalized spacial score (nSPS) is 22.0. The maximum absolute atomic E-state index is 13.1. The monoisotopic (exact) mass is 338 g/mol. The number of hydrogen-bond acceptors (Lipinski definition) is 5. The first-order valence-corrected chi connectivity index (χ1v) is 6.84. The molecule has 0 radical (unpaired) electrons. The fraction of sp³-hybridized carbons (Fsp3) is 0.769. The van der Waals surface area contributed by atoms with Crippen molar-refractivity contribution < 1.29 is 18.1 Å². The van der Waals surface area contributed by atoms with Gasteiger partial charge in [0.05, 0.1) is 12.6 Å². The molecule has 0 bridgehead atoms. The molecule has 2 heterocycles. The molecule has 1 fully saturated rings. The predicted octanol–water partition coefficient (Wildman–Crippen LogP) is 1.96. The molecule has 1 amide bonds. The predicted molar refractivity (Wildman–Crippen MR) is 78.2 cm³/mol. The van der Waals surface area contributed by atoms with E-state index in [9.17, 15) is 13.6 Å². The average molecular weight is 339 g/mol. The molecule has 0 aliphatic carbocycles. The average Bonchev–Trinajstić information content (AvgIpc) is 2.94. The summed E-state index contributed by atoms with van der Waals surface area (Å²) in [7, 11) is 0. The summed E-state index contributed by atoms with van der Waals surface area (Å²) in [5.74, 6) is -2.54. The number of nitrogens with zero attached hydrogens (tertiary/aromatic N) is 2. The van der Waals surface area contributed by atoms with Crippen LogP contribution in [0.2, 0.25) is 0 Å². The van der Waals surface area contributed by atoms with Gasteiger partial charge in [0.1, 0.15) is 6.04 Å². The molecule has 2 unspecified atom stereocenters. The largest absolute Gasteiger partial charge is 0.343 e. The summed E-state index contributed by atoms with van der Waals surface area (Å²) in [6, 6.07) is -1.43. The molecule has 2 rings (SSSR count). The van der Waals surface area contributed by atoms with Crippen molar-refractivity contribution in [2.24, 2.45) is 0 Å². The van der Waals surface area contributed by atoms with E-state index in [0.717, 1.165) is 0 Å². The minimum absolute atomic E-state index is 0. The lowest BCUT2D eigenvalue weighted by Gasteiger charge is -2.14. The molecular weight excluding hydrogens is 318 g/mol. The SMILES string of the molecule is CC(NC(=O)C1CC(F)(F)CN1)c1nc(C(C)(C)C)no1.Cl. The molecule has 1 aliphatic heterocycles. The van der Waals surface area contributed by atoms with Crippen molar-refractivity contribution >= 4 is 18.3 Å². The van der Waals surface area contributed by atoms with Crippen molar-refractivity contribution in [3.05, 3.63) is 11.7 Å². The van der Waals surface area contributed by atoms with Crippen molar-refractivity contribution in [2.75, 3.05) is 6.54 Å². The first-order valence-electron chi connectivity index (χ1n) is 6.84. The Morgan fingerprint density at radius 2 is 2.14 bits per heavy atom. The summed E-state index contributed by atoms with van der Waals surface area (Å²) in [5.41, 5.74) is -0.263. The lowest BCUT2D eigenvalue weighted by Crippen LogP contribution is -2.41. The standard InChI is InChI=1S/C13H20F2N4O2.ClH/c1-7(10-18-11(19-21-10)12(2,3)4)17-9(20)8-5-13(14,15)6-16-8;/h7-8,16H,5-6H2,1-4H3,(H,17,20);1H. The quantitative estimate of drug-likeness (QED) is 0.880. The number of carbonyl (C=O) groups excluding carboxylic acids is 1. The number of amides is 1. The highest BCUT2D eigenvalue weighted by Gasteiger charge is 2.42. The minimum Gasteiger partial charge on any atom is -0.343 e. The summed E-state index contributed by atoms with van der Waals surface area (Å²) >= 11 is 0. The fourth-order valence-corrected chi connectivity index (χ4v) is 1.99. The van der Waals surface area contributed by atoms with Crippen molar-refractivity contribution in [2.45, 2.75) is 57.5 Å². The highest BCUT2D eigenvalue weighted by atomic mass is 35.5. The van der Waals surface area contributed by atoms with Crippen LogP contribution in [0.15, 0.2) is 4.52 Å². The van der Waals surface area contributed by atoms with Gasteiger partial charge in [-0.3, -0.25) is 10.1 Å².